The first-order chi connectivity index (χ1) is 7.24. The molecule has 1 aromatic rings. The minimum Gasteiger partial charge on any atom is -0.328 e. The first-order valence-corrected chi connectivity index (χ1v) is 5.25. The van der Waals surface area contributed by atoms with E-state index in [4.69, 9.17) is 0 Å². The van der Waals surface area contributed by atoms with Crippen LogP contribution >= 0.6 is 0 Å². The molecule has 1 aliphatic heterocycles. The van der Waals surface area contributed by atoms with Gasteiger partial charge < -0.3 is 4.90 Å². The number of hydrogen-bond donors (Lipinski definition) is 0. The molecule has 0 spiro atoms. The van der Waals surface area contributed by atoms with Gasteiger partial charge in [0.1, 0.15) is 0 Å². The highest BCUT2D eigenvalue weighted by Crippen LogP contribution is 2.27. The van der Waals surface area contributed by atoms with Gasteiger partial charge in [0.05, 0.1) is 6.04 Å². The van der Waals surface area contributed by atoms with Gasteiger partial charge in [-0.15, -0.1) is 0 Å². The van der Waals surface area contributed by atoms with Crippen molar-refractivity contribution >= 4 is 5.91 Å². The average molecular weight is 201 g/mol. The van der Waals surface area contributed by atoms with Gasteiger partial charge in [0.2, 0.25) is 0 Å². The molecule has 1 aliphatic rings. The van der Waals surface area contributed by atoms with E-state index in [0.717, 1.165) is 12.1 Å². The predicted octanol–water partition coefficient (Wildman–Crippen LogP) is 2.36. The van der Waals surface area contributed by atoms with Crippen molar-refractivity contribution in [3.05, 3.63) is 47.5 Å². The minimum atomic E-state index is 0.175. The molecular weight excluding hydrogens is 186 g/mol. The molecule has 0 saturated carbocycles. The summed E-state index contributed by atoms with van der Waals surface area (Å²) >= 11 is 0. The van der Waals surface area contributed by atoms with Crippen LogP contribution in [0.25, 0.3) is 0 Å². The van der Waals surface area contributed by atoms with Gasteiger partial charge in [0, 0.05) is 12.1 Å². The number of allylic oxidation sites excluding steroid dienone is 1. The van der Waals surface area contributed by atoms with Crippen molar-refractivity contribution in [3.8, 4) is 0 Å². The van der Waals surface area contributed by atoms with Gasteiger partial charge >= 0.3 is 0 Å². The van der Waals surface area contributed by atoms with Crippen LogP contribution in [0.5, 0.6) is 0 Å². The fourth-order valence-electron chi connectivity index (χ4n) is 1.98. The number of carbonyl (C=O) groups excluding carboxylic acids is 1. The Morgan fingerprint density at radius 3 is 2.53 bits per heavy atom. The maximum atomic E-state index is 11.7. The van der Waals surface area contributed by atoms with Gasteiger partial charge in [-0.1, -0.05) is 36.4 Å². The highest BCUT2D eigenvalue weighted by molar-refractivity contribution is 6.01. The van der Waals surface area contributed by atoms with Gasteiger partial charge in [-0.2, -0.15) is 0 Å². The van der Waals surface area contributed by atoms with Crippen LogP contribution in [0.15, 0.2) is 42.0 Å². The lowest BCUT2D eigenvalue weighted by Crippen LogP contribution is -2.52. The van der Waals surface area contributed by atoms with Crippen molar-refractivity contribution in [2.24, 2.45) is 0 Å². The second-order valence-corrected chi connectivity index (χ2v) is 3.84. The largest absolute Gasteiger partial charge is 0.328 e. The summed E-state index contributed by atoms with van der Waals surface area (Å²) in [5, 5.41) is 0. The van der Waals surface area contributed by atoms with Crippen LogP contribution in [0.3, 0.4) is 0 Å². The molecule has 1 unspecified atom stereocenters. The second-order valence-electron chi connectivity index (χ2n) is 3.84. The maximum Gasteiger partial charge on any atom is 0.252 e. The van der Waals surface area contributed by atoms with E-state index in [0.29, 0.717) is 0 Å². The Morgan fingerprint density at radius 2 is 2.00 bits per heavy atom. The van der Waals surface area contributed by atoms with Crippen LogP contribution in [0.4, 0.5) is 0 Å². The molecule has 2 nitrogen and oxygen atoms in total. The summed E-state index contributed by atoms with van der Waals surface area (Å²) in [6, 6.07) is 10.4. The topological polar surface area (TPSA) is 20.3 Å². The molecule has 1 heterocycles. The van der Waals surface area contributed by atoms with Gasteiger partial charge in [0.15, 0.2) is 0 Å². The molecule has 0 aliphatic carbocycles. The molecule has 1 fully saturated rings. The molecule has 15 heavy (non-hydrogen) atoms. The monoisotopic (exact) mass is 201 g/mol. The molecule has 2 heteroatoms. The van der Waals surface area contributed by atoms with Gasteiger partial charge in [0.25, 0.3) is 5.91 Å². The highest BCUT2D eigenvalue weighted by atomic mass is 16.2. The van der Waals surface area contributed by atoms with Crippen LogP contribution in [-0.4, -0.2) is 16.8 Å². The molecule has 0 bridgehead atoms. The zero-order valence-corrected chi connectivity index (χ0v) is 9.10. The smallest absolute Gasteiger partial charge is 0.252 e. The Hall–Kier alpha value is -1.57. The van der Waals surface area contributed by atoms with E-state index in [-0.39, 0.29) is 11.9 Å². The fourth-order valence-corrected chi connectivity index (χ4v) is 1.98. The molecule has 0 N–H and O–H groups in total. The maximum absolute atomic E-state index is 11.7. The number of likely N-dealkylation sites (tertiary alicyclic amines) is 1. The van der Waals surface area contributed by atoms with Crippen LogP contribution in [0.2, 0.25) is 0 Å². The normalized spacial score (nSPS) is 23.1. The van der Waals surface area contributed by atoms with Gasteiger partial charge in [-0.3, -0.25) is 4.79 Å². The third-order valence-electron chi connectivity index (χ3n) is 2.93. The van der Waals surface area contributed by atoms with Crippen molar-refractivity contribution < 1.29 is 4.79 Å². The molecule has 2 rings (SSSR count). The molecular formula is C13H15NO. The van der Waals surface area contributed by atoms with Crippen molar-refractivity contribution in [2.45, 2.75) is 26.4 Å². The Balaban J connectivity index is 2.07. The van der Waals surface area contributed by atoms with Crippen LogP contribution in [0, 0.1) is 0 Å². The number of β-lactam (4-membered cyclic amide) rings is 1. The third-order valence-corrected chi connectivity index (χ3v) is 2.93. The van der Waals surface area contributed by atoms with E-state index in [1.165, 1.54) is 5.56 Å². The van der Waals surface area contributed by atoms with E-state index >= 15 is 0 Å². The van der Waals surface area contributed by atoms with Crippen LogP contribution in [0.1, 0.15) is 19.4 Å². The Morgan fingerprint density at radius 1 is 1.33 bits per heavy atom. The molecule has 0 aromatic heterocycles. The Labute approximate surface area is 90.2 Å². The lowest BCUT2D eigenvalue weighted by atomic mass is 9.95. The molecule has 78 valence electrons. The van der Waals surface area contributed by atoms with E-state index in [2.05, 4.69) is 6.92 Å². The zero-order chi connectivity index (χ0) is 10.8. The standard InChI is InChI=1S/C13H15NO/c1-3-12-10(2)14(13(12)15)9-11-7-5-4-6-8-11/h3-8,10H,9H2,1-2H3. The summed E-state index contributed by atoms with van der Waals surface area (Å²) in [5.41, 5.74) is 2.12. The summed E-state index contributed by atoms with van der Waals surface area (Å²) in [6.07, 6.45) is 1.91. The molecule has 1 saturated heterocycles. The Kier molecular flexibility index (Phi) is 2.58. The molecule has 1 amide bonds. The average Bonchev–Trinajstić information content (AvgIpc) is 2.28. The lowest BCUT2D eigenvalue weighted by molar-refractivity contribution is -0.137. The highest BCUT2D eigenvalue weighted by Gasteiger charge is 2.37. The van der Waals surface area contributed by atoms with E-state index in [1.54, 1.807) is 0 Å². The fraction of sp³-hybridized carbons (Fsp3) is 0.308. The first-order valence-electron chi connectivity index (χ1n) is 5.25. The van der Waals surface area contributed by atoms with Crippen molar-refractivity contribution in [3.63, 3.8) is 0 Å². The summed E-state index contributed by atoms with van der Waals surface area (Å²) in [5.74, 6) is 0.175. The first kappa shape index (κ1) is 9.97. The summed E-state index contributed by atoms with van der Waals surface area (Å²) in [4.78, 5) is 13.6. The predicted molar refractivity (Wildman–Crippen MR) is 60.2 cm³/mol. The van der Waals surface area contributed by atoms with Crippen molar-refractivity contribution in [2.75, 3.05) is 0 Å². The van der Waals surface area contributed by atoms with Crippen molar-refractivity contribution in [1.29, 1.82) is 0 Å². The van der Waals surface area contributed by atoms with Crippen molar-refractivity contribution in [1.82, 2.24) is 4.90 Å². The zero-order valence-electron chi connectivity index (χ0n) is 9.10. The van der Waals surface area contributed by atoms with Gasteiger partial charge in [-0.25, -0.2) is 0 Å². The van der Waals surface area contributed by atoms with Crippen LogP contribution in [-0.2, 0) is 11.3 Å². The number of amides is 1. The minimum absolute atomic E-state index is 0.175. The summed E-state index contributed by atoms with van der Waals surface area (Å²) in [7, 11) is 0. The quantitative estimate of drug-likeness (QED) is 0.531. The summed E-state index contributed by atoms with van der Waals surface area (Å²) in [6.45, 7) is 4.71. The Bertz CT molecular complexity index is 394. The molecule has 1 aromatic carbocycles. The SMILES string of the molecule is CC=C1C(=O)N(Cc2ccccc2)C1C. The van der Waals surface area contributed by atoms with Gasteiger partial charge in [-0.05, 0) is 19.4 Å². The van der Waals surface area contributed by atoms with Crippen LogP contribution < -0.4 is 0 Å². The van der Waals surface area contributed by atoms with E-state index in [1.807, 2.05) is 48.2 Å². The molecule has 1 atom stereocenters. The third kappa shape index (κ3) is 1.67. The summed E-state index contributed by atoms with van der Waals surface area (Å²) < 4.78 is 0. The number of nitrogens with zero attached hydrogens (tertiary/aromatic N) is 1. The number of hydrogen-bond acceptors (Lipinski definition) is 1. The van der Waals surface area contributed by atoms with E-state index < -0.39 is 0 Å². The van der Waals surface area contributed by atoms with E-state index in [9.17, 15) is 4.79 Å². The number of benzene rings is 1. The lowest BCUT2D eigenvalue weighted by Gasteiger charge is -2.40. The molecule has 0 radical (unpaired) electrons. The number of rotatable bonds is 2. The number of carbonyl (C=O) groups is 1. The second kappa shape index (κ2) is 3.89.